The molecule has 1 N–H and O–H groups in total. The Balaban J connectivity index is 0.00000514. The Morgan fingerprint density at radius 1 is 0.705 bits per heavy atom. The van der Waals surface area contributed by atoms with Gasteiger partial charge in [0, 0.05) is 6.42 Å². The number of carbonyl (C=O) groups is 1. The minimum atomic E-state index is -0.300. The molecule has 8 fully saturated rings. The van der Waals surface area contributed by atoms with E-state index < -0.39 is 0 Å². The minimum Gasteiger partial charge on any atom is -0.462 e. The van der Waals surface area contributed by atoms with Crippen LogP contribution >= 0.6 is 0 Å². The lowest BCUT2D eigenvalue weighted by Crippen LogP contribution is -2.67. The summed E-state index contributed by atoms with van der Waals surface area (Å²) in [7, 11) is 0. The van der Waals surface area contributed by atoms with Crippen LogP contribution in [0.4, 0.5) is 0 Å². The fourth-order valence-corrected chi connectivity index (χ4v) is 20.8. The molecule has 18 atom stereocenters. The predicted octanol–water partition coefficient (Wildman–Crippen LogP) is 15.7. The summed E-state index contributed by atoms with van der Waals surface area (Å²) in [6.07, 6.45) is 28.8. The van der Waals surface area contributed by atoms with Gasteiger partial charge in [0.15, 0.2) is 0 Å². The number of rotatable bonds is 8. The predicted molar refractivity (Wildman–Crippen MR) is 255 cm³/mol. The monoisotopic (exact) mass is 843 g/mol. The van der Waals surface area contributed by atoms with Crippen molar-refractivity contribution < 1.29 is 14.6 Å². The third kappa shape index (κ3) is 6.68. The zero-order chi connectivity index (χ0) is 43.0. The molecule has 8 saturated carbocycles. The summed E-state index contributed by atoms with van der Waals surface area (Å²) in [4.78, 5) is 15.3. The van der Waals surface area contributed by atoms with E-state index in [-0.39, 0.29) is 58.1 Å². The Hall–Kier alpha value is -0.830. The topological polar surface area (TPSA) is 46.5 Å². The molecule has 9 aliphatic rings. The van der Waals surface area contributed by atoms with Gasteiger partial charge < -0.3 is 9.84 Å². The molecule has 0 amide bonds. The molecule has 61 heavy (non-hydrogen) atoms. The molecule has 3 heteroatoms. The lowest BCUT2D eigenvalue weighted by Gasteiger charge is -2.72. The van der Waals surface area contributed by atoms with E-state index in [1.54, 1.807) is 5.57 Å². The highest BCUT2D eigenvalue weighted by molar-refractivity contribution is 5.78. The van der Waals surface area contributed by atoms with Crippen molar-refractivity contribution in [2.75, 3.05) is 0 Å². The summed E-state index contributed by atoms with van der Waals surface area (Å²) in [5.41, 5.74) is 2.97. The van der Waals surface area contributed by atoms with E-state index in [4.69, 9.17) is 4.74 Å². The van der Waals surface area contributed by atoms with Gasteiger partial charge in [-0.05, 0) is 213 Å². The van der Waals surface area contributed by atoms with Crippen LogP contribution in [0.1, 0.15) is 225 Å². The van der Waals surface area contributed by atoms with Gasteiger partial charge in [-0.15, -0.1) is 0 Å². The number of fused-ring (bicyclic) bond motifs is 12. The van der Waals surface area contributed by atoms with Gasteiger partial charge in [0.1, 0.15) is 6.10 Å². The van der Waals surface area contributed by atoms with Gasteiger partial charge in [-0.2, -0.15) is 0 Å². The molecule has 3 nitrogen and oxygen atoms in total. The highest BCUT2D eigenvalue weighted by Crippen LogP contribution is 2.78. The highest BCUT2D eigenvalue weighted by Gasteiger charge is 2.72. The Morgan fingerprint density at radius 2 is 1.43 bits per heavy atom. The average Bonchev–Trinajstić information content (AvgIpc) is 3.76. The molecule has 0 saturated heterocycles. The first-order valence-corrected chi connectivity index (χ1v) is 26.8. The smallest absolute Gasteiger partial charge is 0.312 e. The van der Waals surface area contributed by atoms with Gasteiger partial charge >= 0.3 is 5.97 Å². The van der Waals surface area contributed by atoms with Crippen LogP contribution in [0.2, 0.25) is 0 Å². The molecule has 348 valence electrons. The summed E-state index contributed by atoms with van der Waals surface area (Å²) in [5, 5.41) is 11.2. The van der Waals surface area contributed by atoms with Crippen LogP contribution in [-0.2, 0) is 9.53 Å². The molecule has 0 aromatic heterocycles. The van der Waals surface area contributed by atoms with Crippen LogP contribution in [0.25, 0.3) is 0 Å². The van der Waals surface area contributed by atoms with Gasteiger partial charge in [-0.1, -0.05) is 121 Å². The Bertz CT molecular complexity index is 1660. The minimum absolute atomic E-state index is 0. The van der Waals surface area contributed by atoms with Gasteiger partial charge in [-0.3, -0.25) is 4.79 Å². The Labute approximate surface area is 377 Å². The zero-order valence-electron chi connectivity index (χ0n) is 41.3. The number of ether oxygens (including phenoxy) is 1. The maximum atomic E-state index is 15.3. The summed E-state index contributed by atoms with van der Waals surface area (Å²) in [5.74, 6) is 8.91. The maximum absolute atomic E-state index is 15.3. The number of hydrogen-bond donors (Lipinski definition) is 1. The van der Waals surface area contributed by atoms with Crippen LogP contribution in [0.15, 0.2) is 11.6 Å². The van der Waals surface area contributed by atoms with Crippen molar-refractivity contribution >= 4 is 5.97 Å². The molecule has 0 radical (unpaired) electrons. The molecule has 0 spiro atoms. The number of aliphatic hydroxyl groups excluding tert-OH is 1. The van der Waals surface area contributed by atoms with Crippen molar-refractivity contribution in [3.05, 3.63) is 11.6 Å². The van der Waals surface area contributed by atoms with Gasteiger partial charge in [0.05, 0.1) is 11.5 Å². The molecule has 0 aliphatic heterocycles. The third-order valence-corrected chi connectivity index (χ3v) is 24.3. The second-order valence-electron chi connectivity index (χ2n) is 27.2. The van der Waals surface area contributed by atoms with Crippen molar-refractivity contribution in [3.8, 4) is 0 Å². The summed E-state index contributed by atoms with van der Waals surface area (Å²) < 4.78 is 7.03. The lowest BCUT2D eigenvalue weighted by atomic mass is 9.32. The second kappa shape index (κ2) is 15.9. The second-order valence-corrected chi connectivity index (χ2v) is 27.2. The van der Waals surface area contributed by atoms with E-state index in [0.29, 0.717) is 40.9 Å². The Kier molecular flexibility index (Phi) is 12.2. The molecule has 9 aliphatic carbocycles. The fourth-order valence-electron chi connectivity index (χ4n) is 20.8. The molecule has 0 heterocycles. The van der Waals surface area contributed by atoms with E-state index in [1.165, 1.54) is 103 Å². The molecule has 9 rings (SSSR count). The molecule has 2 unspecified atom stereocenters. The summed E-state index contributed by atoms with van der Waals surface area (Å²) in [6.45, 7) is 30.6. The Morgan fingerprint density at radius 3 is 2.15 bits per heavy atom. The largest absolute Gasteiger partial charge is 0.462 e. The van der Waals surface area contributed by atoms with Crippen LogP contribution in [0.3, 0.4) is 0 Å². The molecule has 0 bridgehead atoms. The van der Waals surface area contributed by atoms with Crippen molar-refractivity contribution in [2.24, 2.45) is 109 Å². The molecular weight excluding hydrogens is 745 g/mol. The van der Waals surface area contributed by atoms with Crippen LogP contribution in [0, 0.1) is 109 Å². The van der Waals surface area contributed by atoms with Crippen molar-refractivity contribution in [3.63, 3.8) is 0 Å². The quantitative estimate of drug-likeness (QED) is 0.196. The standard InChI is InChI=1S/C57H94O3.CH4/c1-35(2)14-13-15-37(5)42-18-19-43-41-17-16-38-34-39(22-27-52(38,8)44(41)24-28-53(42,43)9)60-50(59)57-31-23-40(36(3)4)49(57)45-20-21-47-54(10)29-26-48(58)51(6,7)46(54)25-30-56(47,12)55(45,11)32-33-57;/h16,35-37,39-49,58H,13-15,17-34H2,1-12H3;1H4/t37-,39-,40+,41+,42-,43+,44+,45-,46?,47-,48+,49?,52+,53-,54+,55-,56-,57+;/m1./s1. The number of hydrogen-bond acceptors (Lipinski definition) is 3. The normalized spacial score (nSPS) is 51.3. The SMILES string of the molecule is C.CC(C)CCC[C@@H](C)[C@H]1CC[C@H]2[C@@H]3CC=C4C[C@H](OC(=O)[C@]56CC[C@@H](C(C)C)C5[C@H]5CC[C@@H]7[C@@]8(C)CC[C@H](O)C(C)(C)C8CC[C@@]7(C)[C@]5(C)CC6)CC[C@]4(C)[C@H]3CC[C@]12C. The number of allylic oxidation sites excluding steroid dienone is 1. The summed E-state index contributed by atoms with van der Waals surface area (Å²) >= 11 is 0. The highest BCUT2D eigenvalue weighted by atomic mass is 16.5. The first-order chi connectivity index (χ1) is 28.2. The van der Waals surface area contributed by atoms with Gasteiger partial charge in [0.25, 0.3) is 0 Å². The molecule has 0 aromatic carbocycles. The van der Waals surface area contributed by atoms with Crippen LogP contribution in [-0.4, -0.2) is 23.3 Å². The van der Waals surface area contributed by atoms with E-state index in [0.717, 1.165) is 67.6 Å². The van der Waals surface area contributed by atoms with Crippen molar-refractivity contribution in [1.82, 2.24) is 0 Å². The zero-order valence-corrected chi connectivity index (χ0v) is 41.3. The van der Waals surface area contributed by atoms with E-state index >= 15 is 4.79 Å². The van der Waals surface area contributed by atoms with E-state index in [2.05, 4.69) is 89.2 Å². The molecule has 0 aromatic rings. The number of esters is 1. The van der Waals surface area contributed by atoms with Crippen LogP contribution < -0.4 is 0 Å². The van der Waals surface area contributed by atoms with Crippen molar-refractivity contribution in [2.45, 2.75) is 238 Å². The number of aliphatic hydroxyl groups is 1. The van der Waals surface area contributed by atoms with E-state index in [1.807, 2.05) is 0 Å². The fraction of sp³-hybridized carbons (Fsp3) is 0.948. The third-order valence-electron chi connectivity index (χ3n) is 24.3. The first kappa shape index (κ1) is 46.7. The average molecular weight is 843 g/mol. The summed E-state index contributed by atoms with van der Waals surface area (Å²) in [6, 6.07) is 0. The molecular formula is C58H98O3. The maximum Gasteiger partial charge on any atom is 0.312 e. The number of carbonyl (C=O) groups excluding carboxylic acids is 1. The van der Waals surface area contributed by atoms with Gasteiger partial charge in [0.2, 0.25) is 0 Å². The van der Waals surface area contributed by atoms with Gasteiger partial charge in [-0.25, -0.2) is 0 Å². The van der Waals surface area contributed by atoms with Crippen LogP contribution in [0.5, 0.6) is 0 Å². The van der Waals surface area contributed by atoms with Crippen molar-refractivity contribution in [1.29, 1.82) is 0 Å². The lowest BCUT2D eigenvalue weighted by molar-refractivity contribution is -0.250. The first-order valence-electron chi connectivity index (χ1n) is 26.8. The van der Waals surface area contributed by atoms with E-state index in [9.17, 15) is 5.11 Å².